The molecule has 1 saturated heterocycles. The molecule has 3 rings (SSSR count). The molecule has 2 heterocycles. The maximum absolute atomic E-state index is 5.75. The summed E-state index contributed by atoms with van der Waals surface area (Å²) in [5.74, 6) is 2.44. The van der Waals surface area contributed by atoms with Gasteiger partial charge in [-0.25, -0.2) is 4.98 Å². The molecule has 4 heteroatoms. The smallest absolute Gasteiger partial charge is 0.198 e. The van der Waals surface area contributed by atoms with Crippen molar-refractivity contribution in [3.8, 4) is 0 Å². The van der Waals surface area contributed by atoms with E-state index in [1.807, 2.05) is 6.07 Å². The minimum atomic E-state index is 0.327. The van der Waals surface area contributed by atoms with Crippen molar-refractivity contribution < 1.29 is 4.42 Å². The molecule has 1 N–H and O–H groups in total. The molecule has 1 aliphatic rings. The Balaban J connectivity index is 1.81. The molecule has 0 radical (unpaired) electrons. The Hall–Kier alpha value is -1.16. The van der Waals surface area contributed by atoms with Gasteiger partial charge in [0.05, 0.1) is 0 Å². The largest absolute Gasteiger partial charge is 0.440 e. The Morgan fingerprint density at radius 1 is 1.40 bits per heavy atom. The van der Waals surface area contributed by atoms with Gasteiger partial charge in [0.2, 0.25) is 0 Å². The van der Waals surface area contributed by atoms with Crippen molar-refractivity contribution >= 4 is 28.5 Å². The molecule has 2 unspecified atom stereocenters. The summed E-state index contributed by atoms with van der Waals surface area (Å²) in [5.41, 5.74) is 2.99. The molecule has 1 aliphatic heterocycles. The van der Waals surface area contributed by atoms with Gasteiger partial charge in [-0.15, -0.1) is 0 Å². The van der Waals surface area contributed by atoms with Crippen molar-refractivity contribution in [2.75, 3.05) is 11.1 Å². The molecule has 20 heavy (non-hydrogen) atoms. The zero-order chi connectivity index (χ0) is 14.1. The predicted octanol–water partition coefficient (Wildman–Crippen LogP) is 4.65. The van der Waals surface area contributed by atoms with Crippen LogP contribution in [0, 0.1) is 0 Å². The summed E-state index contributed by atoms with van der Waals surface area (Å²) >= 11 is 2.06. The molecule has 3 nitrogen and oxygen atoms in total. The number of anilines is 1. The van der Waals surface area contributed by atoms with Crippen molar-refractivity contribution in [1.29, 1.82) is 0 Å². The standard InChI is InChI=1S/C16H22N2OS/c1-10(2)16-18-14-9-12(6-7-15(14)19-16)17-13-5-4-8-20-11(13)3/h6-7,9-11,13,17H,4-5,8H2,1-3H3. The number of aromatic nitrogens is 1. The summed E-state index contributed by atoms with van der Waals surface area (Å²) in [6.07, 6.45) is 2.55. The first kappa shape index (κ1) is 13.8. The first-order valence-electron chi connectivity index (χ1n) is 7.42. The van der Waals surface area contributed by atoms with Gasteiger partial charge in [-0.3, -0.25) is 0 Å². The molecule has 0 aliphatic carbocycles. The average molecular weight is 290 g/mol. The normalized spacial score (nSPS) is 23.4. The van der Waals surface area contributed by atoms with Crippen molar-refractivity contribution in [2.45, 2.75) is 50.8 Å². The van der Waals surface area contributed by atoms with Gasteiger partial charge < -0.3 is 9.73 Å². The number of hydrogen-bond donors (Lipinski definition) is 1. The van der Waals surface area contributed by atoms with Crippen molar-refractivity contribution in [2.24, 2.45) is 0 Å². The third kappa shape index (κ3) is 2.80. The second-order valence-electron chi connectivity index (χ2n) is 5.86. The topological polar surface area (TPSA) is 38.1 Å². The Kier molecular flexibility index (Phi) is 3.92. The molecule has 108 valence electrons. The number of nitrogens with one attached hydrogen (secondary N) is 1. The summed E-state index contributed by atoms with van der Waals surface area (Å²) in [5, 5.41) is 4.33. The predicted molar refractivity (Wildman–Crippen MR) is 86.7 cm³/mol. The fourth-order valence-corrected chi connectivity index (χ4v) is 3.75. The molecule has 0 amide bonds. The van der Waals surface area contributed by atoms with Gasteiger partial charge in [-0.1, -0.05) is 20.8 Å². The molecular weight excluding hydrogens is 268 g/mol. The number of rotatable bonds is 3. The molecule has 0 saturated carbocycles. The molecular formula is C16H22N2OS. The summed E-state index contributed by atoms with van der Waals surface area (Å²) < 4.78 is 5.75. The lowest BCUT2D eigenvalue weighted by molar-refractivity contribution is 0.501. The third-order valence-electron chi connectivity index (χ3n) is 3.86. The van der Waals surface area contributed by atoms with Crippen LogP contribution >= 0.6 is 11.8 Å². The molecule has 2 atom stereocenters. The molecule has 2 aromatic rings. The van der Waals surface area contributed by atoms with Crippen LogP contribution in [0.15, 0.2) is 22.6 Å². The van der Waals surface area contributed by atoms with Gasteiger partial charge in [0.1, 0.15) is 5.52 Å². The lowest BCUT2D eigenvalue weighted by Crippen LogP contribution is -2.32. The van der Waals surface area contributed by atoms with E-state index in [2.05, 4.69) is 55.0 Å². The van der Waals surface area contributed by atoms with Crippen LogP contribution in [0.3, 0.4) is 0 Å². The van der Waals surface area contributed by atoms with Crippen LogP contribution in [0.2, 0.25) is 0 Å². The number of hydrogen-bond acceptors (Lipinski definition) is 4. The minimum Gasteiger partial charge on any atom is -0.440 e. The molecule has 0 spiro atoms. The van der Waals surface area contributed by atoms with Crippen LogP contribution < -0.4 is 5.32 Å². The second kappa shape index (κ2) is 5.68. The van der Waals surface area contributed by atoms with E-state index in [-0.39, 0.29) is 0 Å². The SMILES string of the molecule is CC(C)c1nc2cc(NC3CCCSC3C)ccc2o1. The highest BCUT2D eigenvalue weighted by atomic mass is 32.2. The van der Waals surface area contributed by atoms with Crippen LogP contribution in [-0.2, 0) is 0 Å². The Morgan fingerprint density at radius 2 is 2.25 bits per heavy atom. The number of nitrogens with zero attached hydrogens (tertiary/aromatic N) is 1. The first-order chi connectivity index (χ1) is 9.63. The molecule has 1 fully saturated rings. The number of thioether (sulfide) groups is 1. The van der Waals surface area contributed by atoms with Gasteiger partial charge >= 0.3 is 0 Å². The summed E-state index contributed by atoms with van der Waals surface area (Å²) in [7, 11) is 0. The van der Waals surface area contributed by atoms with E-state index in [1.165, 1.54) is 18.6 Å². The first-order valence-corrected chi connectivity index (χ1v) is 8.47. The zero-order valence-corrected chi connectivity index (χ0v) is 13.2. The maximum Gasteiger partial charge on any atom is 0.198 e. The van der Waals surface area contributed by atoms with Gasteiger partial charge in [0.25, 0.3) is 0 Å². The van der Waals surface area contributed by atoms with Crippen LogP contribution in [0.1, 0.15) is 45.4 Å². The van der Waals surface area contributed by atoms with E-state index < -0.39 is 0 Å². The number of benzene rings is 1. The quantitative estimate of drug-likeness (QED) is 0.893. The maximum atomic E-state index is 5.75. The van der Waals surface area contributed by atoms with E-state index in [1.54, 1.807) is 0 Å². The third-order valence-corrected chi connectivity index (χ3v) is 5.24. The number of oxazole rings is 1. The highest BCUT2D eigenvalue weighted by Crippen LogP contribution is 2.29. The minimum absolute atomic E-state index is 0.327. The van der Waals surface area contributed by atoms with Gasteiger partial charge in [0.15, 0.2) is 11.5 Å². The Labute approximate surface area is 124 Å². The van der Waals surface area contributed by atoms with Crippen LogP contribution in [0.4, 0.5) is 5.69 Å². The van der Waals surface area contributed by atoms with Crippen LogP contribution in [0.5, 0.6) is 0 Å². The van der Waals surface area contributed by atoms with E-state index in [0.29, 0.717) is 17.2 Å². The Bertz CT molecular complexity index is 593. The molecule has 1 aromatic carbocycles. The van der Waals surface area contributed by atoms with Crippen molar-refractivity contribution in [1.82, 2.24) is 4.98 Å². The summed E-state index contributed by atoms with van der Waals surface area (Å²) in [4.78, 5) is 4.57. The van der Waals surface area contributed by atoms with E-state index >= 15 is 0 Å². The van der Waals surface area contributed by atoms with Crippen molar-refractivity contribution in [3.63, 3.8) is 0 Å². The Morgan fingerprint density at radius 3 is 3.00 bits per heavy atom. The molecule has 0 bridgehead atoms. The second-order valence-corrected chi connectivity index (χ2v) is 7.34. The fraction of sp³-hybridized carbons (Fsp3) is 0.562. The highest BCUT2D eigenvalue weighted by Gasteiger charge is 2.21. The van der Waals surface area contributed by atoms with Crippen LogP contribution in [-0.4, -0.2) is 22.0 Å². The summed E-state index contributed by atoms with van der Waals surface area (Å²) in [6.45, 7) is 6.52. The van der Waals surface area contributed by atoms with E-state index in [9.17, 15) is 0 Å². The van der Waals surface area contributed by atoms with Gasteiger partial charge in [-0.2, -0.15) is 11.8 Å². The van der Waals surface area contributed by atoms with Crippen LogP contribution in [0.25, 0.3) is 11.1 Å². The van der Waals surface area contributed by atoms with Gasteiger partial charge in [-0.05, 0) is 36.8 Å². The lowest BCUT2D eigenvalue weighted by Gasteiger charge is -2.29. The highest BCUT2D eigenvalue weighted by molar-refractivity contribution is 8.00. The monoisotopic (exact) mass is 290 g/mol. The van der Waals surface area contributed by atoms with Crippen molar-refractivity contribution in [3.05, 3.63) is 24.1 Å². The van der Waals surface area contributed by atoms with Gasteiger partial charge in [0, 0.05) is 22.9 Å². The van der Waals surface area contributed by atoms with E-state index in [0.717, 1.165) is 22.7 Å². The fourth-order valence-electron chi connectivity index (χ4n) is 2.61. The number of fused-ring (bicyclic) bond motifs is 1. The summed E-state index contributed by atoms with van der Waals surface area (Å²) in [6, 6.07) is 6.79. The van der Waals surface area contributed by atoms with E-state index in [4.69, 9.17) is 4.42 Å². The zero-order valence-electron chi connectivity index (χ0n) is 12.3. The average Bonchev–Trinajstić information content (AvgIpc) is 2.85. The lowest BCUT2D eigenvalue weighted by atomic mass is 10.1. The molecule has 1 aromatic heterocycles.